The summed E-state index contributed by atoms with van der Waals surface area (Å²) in [7, 11) is -16.5. The SMILES string of the molecule is O=C([O-])C1=C[C@H](O)[C@H](OS(=O)(=O)[O-])[C@H](O[C@H]2[C@@H](O)[C@@H](NS(=O)(=O)[O-])C(O)O[C@@H]2COS(=O)(=O)[O-])O1.[Na+].[Na+].[Na+].[Na+]. The Kier molecular flexibility index (Phi) is 21.6. The van der Waals surface area contributed by atoms with Crippen LogP contribution in [0.25, 0.3) is 0 Å². The van der Waals surface area contributed by atoms with Crippen molar-refractivity contribution in [1.82, 2.24) is 4.72 Å². The van der Waals surface area contributed by atoms with Gasteiger partial charge in [0, 0.05) is 0 Å². The quantitative estimate of drug-likeness (QED) is 0.0955. The molecule has 0 bridgehead atoms. The van der Waals surface area contributed by atoms with Crippen LogP contribution < -0.4 is 128 Å². The predicted molar refractivity (Wildman–Crippen MR) is 92.6 cm³/mol. The van der Waals surface area contributed by atoms with Gasteiger partial charge in [0.1, 0.15) is 42.2 Å². The second-order valence-electron chi connectivity index (χ2n) is 6.71. The molecule has 1 saturated heterocycles. The van der Waals surface area contributed by atoms with Crippen molar-refractivity contribution in [2.75, 3.05) is 6.61 Å². The number of carbonyl (C=O) groups excluding carboxylic acids is 1. The Balaban J connectivity index is -0.00000324. The number of ether oxygens (including phenoxy) is 3. The van der Waals surface area contributed by atoms with Gasteiger partial charge in [0.15, 0.2) is 22.7 Å². The summed E-state index contributed by atoms with van der Waals surface area (Å²) in [5.41, 5.74) is 0. The molecule has 39 heavy (non-hydrogen) atoms. The van der Waals surface area contributed by atoms with Crippen LogP contribution in [-0.2, 0) is 58.5 Å². The molecule has 0 saturated carbocycles. The molecule has 0 aromatic heterocycles. The molecular formula is C12H15NNa4O19S3. The first-order chi connectivity index (χ1) is 15.8. The molecule has 0 aromatic rings. The summed E-state index contributed by atoms with van der Waals surface area (Å²) in [6, 6.07) is -2.25. The van der Waals surface area contributed by atoms with Crippen LogP contribution in [0.5, 0.6) is 0 Å². The first-order valence-corrected chi connectivity index (χ1v) is 12.8. The minimum Gasteiger partial charge on any atom is -0.735 e. The van der Waals surface area contributed by atoms with Crippen LogP contribution >= 0.6 is 0 Å². The van der Waals surface area contributed by atoms with E-state index in [-0.39, 0.29) is 118 Å². The number of carboxylic acid groups (broad SMARTS) is 1. The van der Waals surface area contributed by atoms with Gasteiger partial charge in [0.05, 0.1) is 6.61 Å². The summed E-state index contributed by atoms with van der Waals surface area (Å²) in [6.45, 7) is -1.36. The van der Waals surface area contributed by atoms with Gasteiger partial charge >= 0.3 is 118 Å². The van der Waals surface area contributed by atoms with Gasteiger partial charge in [-0.15, -0.1) is 0 Å². The van der Waals surface area contributed by atoms with Gasteiger partial charge in [0.2, 0.25) is 27.1 Å². The predicted octanol–water partition coefficient (Wildman–Crippen LogP) is -19.4. The molecule has 2 aliphatic rings. The zero-order chi connectivity index (χ0) is 26.9. The molecule has 8 atom stereocenters. The smallest absolute Gasteiger partial charge is 0.735 e. The molecule has 2 rings (SSSR count). The molecule has 0 radical (unpaired) electrons. The first-order valence-electron chi connectivity index (χ1n) is 8.70. The number of hydrogen-bond donors (Lipinski definition) is 4. The van der Waals surface area contributed by atoms with Crippen LogP contribution in [0.15, 0.2) is 11.8 Å². The summed E-state index contributed by atoms with van der Waals surface area (Å²) in [5, 5.41) is 41.4. The van der Waals surface area contributed by atoms with Crippen molar-refractivity contribution in [3.8, 4) is 0 Å². The molecule has 2 aliphatic heterocycles. The molecule has 0 spiro atoms. The van der Waals surface area contributed by atoms with Gasteiger partial charge in [-0.2, -0.15) is 0 Å². The molecule has 27 heteroatoms. The van der Waals surface area contributed by atoms with E-state index in [2.05, 4.69) is 8.37 Å². The second kappa shape index (κ2) is 18.4. The van der Waals surface area contributed by atoms with E-state index in [0.29, 0.717) is 6.08 Å². The Bertz CT molecular complexity index is 1150. The molecule has 1 unspecified atom stereocenters. The van der Waals surface area contributed by atoms with E-state index in [0.717, 1.165) is 0 Å². The van der Waals surface area contributed by atoms with Crippen LogP contribution in [0.4, 0.5) is 0 Å². The van der Waals surface area contributed by atoms with Crippen molar-refractivity contribution in [2.24, 2.45) is 0 Å². The Hall–Kier alpha value is 2.42. The topological polar surface area (TPSA) is 331 Å². The van der Waals surface area contributed by atoms with E-state index >= 15 is 0 Å². The van der Waals surface area contributed by atoms with E-state index < -0.39 is 98.6 Å². The van der Waals surface area contributed by atoms with Crippen molar-refractivity contribution in [2.45, 2.75) is 49.1 Å². The standard InChI is InChI=1S/C12H19NO19S3.4Na/c14-3-1-4(10(16)17)30-12(8(3)32-35(25,26)27)31-9-5(2-28-34(22,23)24)29-11(18)6(7(9)15)13-33(19,20)21;;;;/h1,3,5-9,11-15,18H,2H2,(H,16,17)(H,19,20,21)(H,22,23,24)(H,25,26,27);;;;/q;4*+1/p-4/t3-,5+,6+,7-,8-,9+,11?,12-;;;;/m0..../s1. The number of aliphatic carboxylic acids is 1. The van der Waals surface area contributed by atoms with Crippen LogP contribution in [0.1, 0.15) is 0 Å². The van der Waals surface area contributed by atoms with E-state index in [1.165, 1.54) is 4.72 Å². The Labute approximate surface area is 310 Å². The summed E-state index contributed by atoms with van der Waals surface area (Å²) in [6.07, 6.45) is -15.9. The van der Waals surface area contributed by atoms with Crippen molar-refractivity contribution < 1.29 is 205 Å². The minimum absolute atomic E-state index is 0. The number of rotatable bonds is 10. The fraction of sp³-hybridized carbons (Fsp3) is 0.750. The molecule has 2 heterocycles. The summed E-state index contributed by atoms with van der Waals surface area (Å²) in [4.78, 5) is 11.1. The third-order valence-corrected chi connectivity index (χ3v) is 5.68. The number of aliphatic hydroxyl groups excluding tert-OH is 3. The number of nitrogens with one attached hydrogen (secondary N) is 1. The molecule has 0 aromatic carbocycles. The largest absolute Gasteiger partial charge is 1.00 e. The number of aliphatic hydroxyl groups is 3. The van der Waals surface area contributed by atoms with E-state index in [1.54, 1.807) is 0 Å². The number of hydrogen-bond acceptors (Lipinski definition) is 19. The maximum absolute atomic E-state index is 11.1. The van der Waals surface area contributed by atoms with Crippen LogP contribution in [0.2, 0.25) is 0 Å². The van der Waals surface area contributed by atoms with Gasteiger partial charge in [0.25, 0.3) is 0 Å². The fourth-order valence-corrected chi connectivity index (χ4v) is 4.31. The molecular weight excluding hydrogens is 650 g/mol. The Morgan fingerprint density at radius 2 is 1.49 bits per heavy atom. The van der Waals surface area contributed by atoms with Gasteiger partial charge < -0.3 is 53.1 Å². The second-order valence-corrected chi connectivity index (χ2v) is 9.92. The first kappa shape index (κ1) is 45.8. The number of carboxylic acids is 1. The third-order valence-electron chi connectivity index (χ3n) is 4.24. The molecule has 1 fully saturated rings. The zero-order valence-corrected chi connectivity index (χ0v) is 31.0. The van der Waals surface area contributed by atoms with E-state index in [4.69, 9.17) is 14.2 Å². The summed E-state index contributed by atoms with van der Waals surface area (Å²) in [5.74, 6) is -3.31. The van der Waals surface area contributed by atoms with Crippen LogP contribution in [-0.4, -0.2) is 116 Å². The van der Waals surface area contributed by atoms with Gasteiger partial charge in [-0.25, -0.2) is 30.0 Å². The summed E-state index contributed by atoms with van der Waals surface area (Å²) >= 11 is 0. The van der Waals surface area contributed by atoms with E-state index in [1.807, 2.05) is 0 Å². The molecule has 0 aliphatic carbocycles. The number of carbonyl (C=O) groups is 1. The maximum Gasteiger partial charge on any atom is 1.00 e. The van der Waals surface area contributed by atoms with Crippen molar-refractivity contribution in [3.05, 3.63) is 11.8 Å². The normalized spacial score (nSPS) is 31.1. The third kappa shape index (κ3) is 15.3. The van der Waals surface area contributed by atoms with Crippen LogP contribution in [0, 0.1) is 0 Å². The molecule has 4 N–H and O–H groups in total. The van der Waals surface area contributed by atoms with Crippen molar-refractivity contribution >= 4 is 37.1 Å². The van der Waals surface area contributed by atoms with Crippen LogP contribution in [0.3, 0.4) is 0 Å². The summed E-state index contributed by atoms with van der Waals surface area (Å²) < 4.78 is 122. The van der Waals surface area contributed by atoms with Gasteiger partial charge in [-0.3, -0.25) is 8.37 Å². The maximum atomic E-state index is 11.1. The Morgan fingerprint density at radius 1 is 0.949 bits per heavy atom. The molecule has 204 valence electrons. The van der Waals surface area contributed by atoms with Gasteiger partial charge in [-0.05, 0) is 6.08 Å². The monoisotopic (exact) mass is 665 g/mol. The average Bonchev–Trinajstić information content (AvgIpc) is 2.65. The fourth-order valence-electron chi connectivity index (χ4n) is 2.94. The molecule has 0 amide bonds. The Morgan fingerprint density at radius 3 is 1.92 bits per heavy atom. The average molecular weight is 665 g/mol. The van der Waals surface area contributed by atoms with E-state index in [9.17, 15) is 64.1 Å². The zero-order valence-electron chi connectivity index (χ0n) is 20.5. The minimum atomic E-state index is -5.64. The van der Waals surface area contributed by atoms with Gasteiger partial charge in [-0.1, -0.05) is 0 Å². The molecule has 20 nitrogen and oxygen atoms in total. The van der Waals surface area contributed by atoms with Crippen molar-refractivity contribution in [3.63, 3.8) is 0 Å². The van der Waals surface area contributed by atoms with Crippen molar-refractivity contribution in [1.29, 1.82) is 0 Å².